The molecule has 0 saturated carbocycles. The molecule has 26 heavy (non-hydrogen) atoms. The average molecular weight is 366 g/mol. The number of aromatic nitrogens is 5. The van der Waals surface area contributed by atoms with Crippen LogP contribution in [0.2, 0.25) is 0 Å². The van der Waals surface area contributed by atoms with Gasteiger partial charge in [0.1, 0.15) is 5.82 Å². The molecule has 3 aromatic heterocycles. The minimum absolute atomic E-state index is 0.609. The lowest BCUT2D eigenvalue weighted by Gasteiger charge is -2.10. The Kier molecular flexibility index (Phi) is 6.66. The zero-order chi connectivity index (χ0) is 18.2. The molecule has 5 nitrogen and oxygen atoms in total. The predicted octanol–water partition coefficient (Wildman–Crippen LogP) is 4.25. The van der Waals surface area contributed by atoms with Crippen LogP contribution in [0.15, 0.2) is 54.1 Å². The lowest BCUT2D eigenvalue weighted by atomic mass is 9.98. The Morgan fingerprint density at radius 1 is 0.885 bits per heavy atom. The number of hydrogen-bond donors (Lipinski definition) is 0. The predicted molar refractivity (Wildman–Crippen MR) is 105 cm³/mol. The SMILES string of the molecule is CSc1cnc(CCC(C)CCc2ccc(-c3ncccn3)cn2)nc1. The Hall–Kier alpha value is -2.34. The van der Waals surface area contributed by atoms with Crippen molar-refractivity contribution in [1.29, 1.82) is 0 Å². The van der Waals surface area contributed by atoms with Crippen molar-refractivity contribution in [2.24, 2.45) is 5.92 Å². The molecule has 1 unspecified atom stereocenters. The normalized spacial score (nSPS) is 12.1. The van der Waals surface area contributed by atoms with E-state index in [1.807, 2.05) is 37.0 Å². The van der Waals surface area contributed by atoms with Crippen molar-refractivity contribution in [3.05, 3.63) is 60.7 Å². The number of rotatable bonds is 8. The molecule has 0 aliphatic carbocycles. The second kappa shape index (κ2) is 9.38. The van der Waals surface area contributed by atoms with Crippen molar-refractivity contribution in [2.75, 3.05) is 6.26 Å². The van der Waals surface area contributed by atoms with Crippen LogP contribution in [0.25, 0.3) is 11.4 Å². The van der Waals surface area contributed by atoms with Crippen LogP contribution in [0.5, 0.6) is 0 Å². The molecule has 0 amide bonds. The number of pyridine rings is 1. The largest absolute Gasteiger partial charge is 0.261 e. The van der Waals surface area contributed by atoms with Gasteiger partial charge in [-0.1, -0.05) is 6.92 Å². The molecule has 134 valence electrons. The van der Waals surface area contributed by atoms with Gasteiger partial charge in [-0.25, -0.2) is 19.9 Å². The standard InChI is InChI=1S/C20H23N5S/c1-15(5-9-19-24-13-18(26-2)14-25-19)4-7-17-8-6-16(12-23-17)20-21-10-3-11-22-20/h3,6,8,10-15H,4-5,7,9H2,1-2H3. The van der Waals surface area contributed by atoms with Gasteiger partial charge in [0.05, 0.1) is 0 Å². The summed E-state index contributed by atoms with van der Waals surface area (Å²) >= 11 is 1.67. The van der Waals surface area contributed by atoms with Gasteiger partial charge in [0.2, 0.25) is 0 Å². The Balaban J connectivity index is 1.45. The smallest absolute Gasteiger partial charge is 0.160 e. The summed E-state index contributed by atoms with van der Waals surface area (Å²) in [5, 5.41) is 0. The fraction of sp³-hybridized carbons (Fsp3) is 0.350. The number of thioether (sulfide) groups is 1. The molecular formula is C20H23N5S. The third kappa shape index (κ3) is 5.33. The van der Waals surface area contributed by atoms with Crippen molar-refractivity contribution in [3.63, 3.8) is 0 Å². The highest BCUT2D eigenvalue weighted by molar-refractivity contribution is 7.98. The summed E-state index contributed by atoms with van der Waals surface area (Å²) in [6.45, 7) is 2.28. The maximum Gasteiger partial charge on any atom is 0.160 e. The summed E-state index contributed by atoms with van der Waals surface area (Å²) in [5.74, 6) is 2.25. The minimum atomic E-state index is 0.609. The van der Waals surface area contributed by atoms with Gasteiger partial charge in [-0.15, -0.1) is 11.8 Å². The van der Waals surface area contributed by atoms with Gasteiger partial charge in [0, 0.05) is 53.6 Å². The molecule has 0 fully saturated rings. The zero-order valence-electron chi connectivity index (χ0n) is 15.2. The first-order valence-electron chi connectivity index (χ1n) is 8.82. The van der Waals surface area contributed by atoms with Crippen molar-refractivity contribution in [2.45, 2.75) is 37.5 Å². The molecule has 0 aliphatic heterocycles. The summed E-state index contributed by atoms with van der Waals surface area (Å²) in [7, 11) is 0. The van der Waals surface area contributed by atoms with Gasteiger partial charge in [0.15, 0.2) is 5.82 Å². The van der Waals surface area contributed by atoms with Crippen LogP contribution >= 0.6 is 11.8 Å². The first-order chi connectivity index (χ1) is 12.7. The van der Waals surface area contributed by atoms with Gasteiger partial charge < -0.3 is 0 Å². The third-order valence-corrected chi connectivity index (χ3v) is 5.00. The Morgan fingerprint density at radius 3 is 2.27 bits per heavy atom. The second-order valence-electron chi connectivity index (χ2n) is 6.33. The molecule has 3 rings (SSSR count). The number of hydrogen-bond acceptors (Lipinski definition) is 6. The Bertz CT molecular complexity index is 791. The first kappa shape index (κ1) is 18.5. The fourth-order valence-corrected chi connectivity index (χ4v) is 2.96. The summed E-state index contributed by atoms with van der Waals surface area (Å²) in [5.41, 5.74) is 2.06. The average Bonchev–Trinajstić information content (AvgIpc) is 2.72. The minimum Gasteiger partial charge on any atom is -0.261 e. The van der Waals surface area contributed by atoms with Crippen molar-refractivity contribution >= 4 is 11.8 Å². The number of nitrogens with zero attached hydrogens (tertiary/aromatic N) is 5. The van der Waals surface area contributed by atoms with Gasteiger partial charge in [-0.2, -0.15) is 0 Å². The molecular weight excluding hydrogens is 342 g/mol. The fourth-order valence-electron chi connectivity index (χ4n) is 2.64. The summed E-state index contributed by atoms with van der Waals surface area (Å²) in [6.07, 6.45) is 15.3. The van der Waals surface area contributed by atoms with Crippen LogP contribution in [-0.2, 0) is 12.8 Å². The molecule has 0 saturated heterocycles. The van der Waals surface area contributed by atoms with E-state index in [0.29, 0.717) is 11.7 Å². The Morgan fingerprint density at radius 2 is 1.62 bits per heavy atom. The first-order valence-corrected chi connectivity index (χ1v) is 10.0. The van der Waals surface area contributed by atoms with E-state index in [-0.39, 0.29) is 0 Å². The Labute approximate surface area is 158 Å². The third-order valence-electron chi connectivity index (χ3n) is 4.32. The lowest BCUT2D eigenvalue weighted by Crippen LogP contribution is -2.03. The molecule has 3 heterocycles. The molecule has 0 aliphatic rings. The molecule has 1 atom stereocenters. The van der Waals surface area contributed by atoms with Gasteiger partial charge in [0.25, 0.3) is 0 Å². The summed E-state index contributed by atoms with van der Waals surface area (Å²) < 4.78 is 0. The van der Waals surface area contributed by atoms with E-state index >= 15 is 0 Å². The molecule has 0 radical (unpaired) electrons. The van der Waals surface area contributed by atoms with Gasteiger partial charge >= 0.3 is 0 Å². The highest BCUT2D eigenvalue weighted by Crippen LogP contribution is 2.17. The summed E-state index contributed by atoms with van der Waals surface area (Å²) in [4.78, 5) is 23.0. The molecule has 3 aromatic rings. The highest BCUT2D eigenvalue weighted by atomic mass is 32.2. The number of aryl methyl sites for hydroxylation is 2. The van der Waals surface area contributed by atoms with E-state index in [1.54, 1.807) is 24.2 Å². The van der Waals surface area contributed by atoms with Crippen LogP contribution in [0.3, 0.4) is 0 Å². The molecule has 0 aromatic carbocycles. The van der Waals surface area contributed by atoms with Crippen LogP contribution in [-0.4, -0.2) is 31.2 Å². The topological polar surface area (TPSA) is 64.5 Å². The zero-order valence-corrected chi connectivity index (χ0v) is 16.0. The van der Waals surface area contributed by atoms with Crippen LogP contribution in [0.4, 0.5) is 0 Å². The molecule has 6 heteroatoms. The van der Waals surface area contributed by atoms with Crippen LogP contribution in [0, 0.1) is 5.92 Å². The van der Waals surface area contributed by atoms with Crippen LogP contribution in [0.1, 0.15) is 31.3 Å². The molecule has 0 N–H and O–H groups in total. The van der Waals surface area contributed by atoms with Gasteiger partial charge in [-0.05, 0) is 49.6 Å². The lowest BCUT2D eigenvalue weighted by molar-refractivity contribution is 0.484. The summed E-state index contributed by atoms with van der Waals surface area (Å²) in [6, 6.07) is 5.93. The van der Waals surface area contributed by atoms with E-state index < -0.39 is 0 Å². The van der Waals surface area contributed by atoms with Crippen molar-refractivity contribution in [1.82, 2.24) is 24.9 Å². The van der Waals surface area contributed by atoms with E-state index in [1.165, 1.54) is 0 Å². The van der Waals surface area contributed by atoms with E-state index in [9.17, 15) is 0 Å². The van der Waals surface area contributed by atoms with Crippen molar-refractivity contribution in [3.8, 4) is 11.4 Å². The van der Waals surface area contributed by atoms with E-state index in [0.717, 1.165) is 47.7 Å². The maximum atomic E-state index is 4.56. The van der Waals surface area contributed by atoms with E-state index in [2.05, 4.69) is 37.9 Å². The molecule has 0 bridgehead atoms. The van der Waals surface area contributed by atoms with Crippen LogP contribution < -0.4 is 0 Å². The maximum absolute atomic E-state index is 4.56. The highest BCUT2D eigenvalue weighted by Gasteiger charge is 2.07. The van der Waals surface area contributed by atoms with Crippen molar-refractivity contribution < 1.29 is 0 Å². The second-order valence-corrected chi connectivity index (χ2v) is 7.21. The molecule has 0 spiro atoms. The monoisotopic (exact) mass is 365 g/mol. The van der Waals surface area contributed by atoms with E-state index in [4.69, 9.17) is 0 Å². The van der Waals surface area contributed by atoms with Gasteiger partial charge in [-0.3, -0.25) is 4.98 Å². The quantitative estimate of drug-likeness (QED) is 0.556.